The molecule has 0 spiro atoms. The van der Waals surface area contributed by atoms with Crippen LogP contribution >= 0.6 is 0 Å². The zero-order valence-electron chi connectivity index (χ0n) is 24.4. The van der Waals surface area contributed by atoms with Crippen molar-refractivity contribution in [2.75, 3.05) is 13.7 Å². The summed E-state index contributed by atoms with van der Waals surface area (Å²) in [6, 6.07) is 26.2. The highest BCUT2D eigenvalue weighted by atomic mass is 32.2. The number of carbonyl (C=O) groups is 2. The van der Waals surface area contributed by atoms with Gasteiger partial charge >= 0.3 is 0 Å². The van der Waals surface area contributed by atoms with Crippen LogP contribution in [0.5, 0.6) is 5.75 Å². The summed E-state index contributed by atoms with van der Waals surface area (Å²) in [5.41, 5.74) is 2.59. The van der Waals surface area contributed by atoms with E-state index in [-0.39, 0.29) is 36.2 Å². The number of sulfonamides is 1. The number of amides is 2. The van der Waals surface area contributed by atoms with Gasteiger partial charge in [-0.15, -0.1) is 0 Å². The molecule has 1 heterocycles. The molecule has 1 atom stereocenters. The predicted octanol–water partition coefficient (Wildman–Crippen LogP) is 4.48. The first-order valence-corrected chi connectivity index (χ1v) is 15.6. The number of hydrogen-bond donors (Lipinski definition) is 2. The Labute approximate surface area is 252 Å². The third kappa shape index (κ3) is 9.04. The zero-order valence-corrected chi connectivity index (χ0v) is 25.2. The van der Waals surface area contributed by atoms with Gasteiger partial charge in [-0.05, 0) is 59.5 Å². The Bertz CT molecular complexity index is 1560. The lowest BCUT2D eigenvalue weighted by molar-refractivity contribution is -0.141. The van der Waals surface area contributed by atoms with E-state index in [9.17, 15) is 18.0 Å². The molecule has 0 radical (unpaired) electrons. The molecule has 0 saturated carbocycles. The van der Waals surface area contributed by atoms with Crippen molar-refractivity contribution < 1.29 is 27.2 Å². The van der Waals surface area contributed by atoms with Gasteiger partial charge in [0.05, 0.1) is 24.8 Å². The Morgan fingerprint density at radius 3 is 2.21 bits per heavy atom. The molecular weight excluding hydrogens is 566 g/mol. The molecule has 9 nitrogen and oxygen atoms in total. The van der Waals surface area contributed by atoms with Crippen molar-refractivity contribution in [3.8, 4) is 5.75 Å². The number of rotatable bonds is 15. The highest BCUT2D eigenvalue weighted by Crippen LogP contribution is 2.20. The van der Waals surface area contributed by atoms with Crippen LogP contribution < -0.4 is 14.8 Å². The largest absolute Gasteiger partial charge is 0.497 e. The summed E-state index contributed by atoms with van der Waals surface area (Å²) in [5.74, 6) is 0.812. The van der Waals surface area contributed by atoms with Gasteiger partial charge in [0, 0.05) is 25.9 Å². The molecule has 4 rings (SSSR count). The number of furan rings is 1. The monoisotopic (exact) mass is 603 g/mol. The summed E-state index contributed by atoms with van der Waals surface area (Å²) in [5, 5.41) is 2.94. The molecule has 3 aromatic carbocycles. The van der Waals surface area contributed by atoms with E-state index in [4.69, 9.17) is 9.15 Å². The van der Waals surface area contributed by atoms with Crippen molar-refractivity contribution >= 4 is 21.8 Å². The van der Waals surface area contributed by atoms with Crippen LogP contribution in [0.25, 0.3) is 0 Å². The SMILES string of the molecule is CCNS(=O)(=O)c1ccc(CCC(=O)N(Cc2ccc(OC)cc2)C(Cc2ccccc2)C(=O)NCc2ccco2)cc1. The van der Waals surface area contributed by atoms with Crippen molar-refractivity contribution in [3.05, 3.63) is 120 Å². The molecule has 0 saturated heterocycles. The molecule has 1 aromatic heterocycles. The van der Waals surface area contributed by atoms with Gasteiger partial charge in [-0.2, -0.15) is 0 Å². The number of nitrogens with one attached hydrogen (secondary N) is 2. The topological polar surface area (TPSA) is 118 Å². The lowest BCUT2D eigenvalue weighted by atomic mass is 10.0. The third-order valence-electron chi connectivity index (χ3n) is 7.00. The molecule has 0 aliphatic carbocycles. The van der Waals surface area contributed by atoms with Crippen LogP contribution in [0.2, 0.25) is 0 Å². The van der Waals surface area contributed by atoms with Crippen molar-refractivity contribution in [2.45, 2.75) is 50.2 Å². The van der Waals surface area contributed by atoms with Crippen LogP contribution in [0.4, 0.5) is 0 Å². The fourth-order valence-electron chi connectivity index (χ4n) is 4.69. The number of carbonyl (C=O) groups excluding carboxylic acids is 2. The number of benzene rings is 3. The molecule has 0 fully saturated rings. The number of ether oxygens (including phenoxy) is 1. The maximum atomic E-state index is 13.9. The summed E-state index contributed by atoms with van der Waals surface area (Å²) in [6.45, 7) is 2.43. The van der Waals surface area contributed by atoms with E-state index in [0.717, 1.165) is 16.7 Å². The molecule has 226 valence electrons. The lowest BCUT2D eigenvalue weighted by Gasteiger charge is -2.31. The van der Waals surface area contributed by atoms with Gasteiger partial charge < -0.3 is 19.4 Å². The first kappa shape index (κ1) is 31.5. The van der Waals surface area contributed by atoms with Crippen LogP contribution in [-0.4, -0.2) is 44.8 Å². The molecule has 0 bridgehead atoms. The van der Waals surface area contributed by atoms with E-state index < -0.39 is 16.1 Å². The van der Waals surface area contributed by atoms with E-state index in [1.165, 1.54) is 12.1 Å². The van der Waals surface area contributed by atoms with E-state index in [0.29, 0.717) is 30.9 Å². The molecular formula is C33H37N3O6S. The Kier molecular flexibility index (Phi) is 11.1. The minimum absolute atomic E-state index is 0.131. The fraction of sp³-hybridized carbons (Fsp3) is 0.273. The van der Waals surface area contributed by atoms with Crippen LogP contribution in [-0.2, 0) is 45.5 Å². The summed E-state index contributed by atoms with van der Waals surface area (Å²) in [4.78, 5) is 29.4. The van der Waals surface area contributed by atoms with Gasteiger partial charge in [-0.25, -0.2) is 13.1 Å². The quantitative estimate of drug-likeness (QED) is 0.207. The molecule has 4 aromatic rings. The van der Waals surface area contributed by atoms with Crippen molar-refractivity contribution in [1.82, 2.24) is 14.9 Å². The van der Waals surface area contributed by atoms with Crippen LogP contribution in [0.1, 0.15) is 35.8 Å². The predicted molar refractivity (Wildman–Crippen MR) is 164 cm³/mol. The fourth-order valence-corrected chi connectivity index (χ4v) is 5.73. The normalized spacial score (nSPS) is 12.0. The van der Waals surface area contributed by atoms with Gasteiger partial charge in [0.2, 0.25) is 21.8 Å². The van der Waals surface area contributed by atoms with Crippen LogP contribution in [0.15, 0.2) is 107 Å². The Morgan fingerprint density at radius 1 is 0.884 bits per heavy atom. The minimum Gasteiger partial charge on any atom is -0.497 e. The average Bonchev–Trinajstić information content (AvgIpc) is 3.55. The van der Waals surface area contributed by atoms with Crippen LogP contribution in [0.3, 0.4) is 0 Å². The van der Waals surface area contributed by atoms with Gasteiger partial charge in [-0.1, -0.05) is 61.5 Å². The van der Waals surface area contributed by atoms with E-state index >= 15 is 0 Å². The van der Waals surface area contributed by atoms with Gasteiger partial charge in [0.1, 0.15) is 17.6 Å². The Morgan fingerprint density at radius 2 is 1.58 bits per heavy atom. The molecule has 2 amide bonds. The first-order valence-electron chi connectivity index (χ1n) is 14.1. The maximum Gasteiger partial charge on any atom is 0.243 e. The highest BCUT2D eigenvalue weighted by molar-refractivity contribution is 7.89. The van der Waals surface area contributed by atoms with Gasteiger partial charge in [0.15, 0.2) is 0 Å². The second kappa shape index (κ2) is 15.2. The Hall–Kier alpha value is -4.41. The Balaban J connectivity index is 1.58. The summed E-state index contributed by atoms with van der Waals surface area (Å²) < 4.78 is 37.8. The third-order valence-corrected chi connectivity index (χ3v) is 8.56. The molecule has 1 unspecified atom stereocenters. The van der Waals surface area contributed by atoms with E-state index in [1.54, 1.807) is 49.5 Å². The van der Waals surface area contributed by atoms with Crippen molar-refractivity contribution in [3.63, 3.8) is 0 Å². The molecule has 0 aliphatic heterocycles. The van der Waals surface area contributed by atoms with Crippen molar-refractivity contribution in [1.29, 1.82) is 0 Å². The number of nitrogens with zero attached hydrogens (tertiary/aromatic N) is 1. The van der Waals surface area contributed by atoms with E-state index in [1.807, 2.05) is 54.6 Å². The number of methoxy groups -OCH3 is 1. The van der Waals surface area contributed by atoms with E-state index in [2.05, 4.69) is 10.0 Å². The first-order chi connectivity index (χ1) is 20.8. The standard InChI is InChI=1S/C33H37N3O6S/c1-3-35-43(39,40)30-18-13-25(14-19-30)15-20-32(37)36(24-27-11-16-28(41-2)17-12-27)31(22-26-8-5-4-6-9-26)33(38)34-23-29-10-7-21-42-29/h4-14,16-19,21,31,35H,3,15,20,22-24H2,1-2H3,(H,34,38). The summed E-state index contributed by atoms with van der Waals surface area (Å²) in [7, 11) is -1.98. The van der Waals surface area contributed by atoms with Gasteiger partial charge in [0.25, 0.3) is 0 Å². The smallest absolute Gasteiger partial charge is 0.243 e. The molecule has 0 aliphatic rings. The molecule has 43 heavy (non-hydrogen) atoms. The highest BCUT2D eigenvalue weighted by Gasteiger charge is 2.30. The molecule has 2 N–H and O–H groups in total. The maximum absolute atomic E-state index is 13.9. The number of hydrogen-bond acceptors (Lipinski definition) is 6. The summed E-state index contributed by atoms with van der Waals surface area (Å²) in [6.07, 6.45) is 2.38. The lowest BCUT2D eigenvalue weighted by Crippen LogP contribution is -2.50. The van der Waals surface area contributed by atoms with Gasteiger partial charge in [-0.3, -0.25) is 9.59 Å². The minimum atomic E-state index is -3.57. The molecule has 10 heteroatoms. The number of aryl methyl sites for hydroxylation is 1. The van der Waals surface area contributed by atoms with Crippen LogP contribution in [0, 0.1) is 0 Å². The summed E-state index contributed by atoms with van der Waals surface area (Å²) >= 11 is 0. The second-order valence-corrected chi connectivity index (χ2v) is 11.8. The average molecular weight is 604 g/mol. The van der Waals surface area contributed by atoms with Crippen molar-refractivity contribution in [2.24, 2.45) is 0 Å². The second-order valence-electron chi connectivity index (χ2n) is 10.0. The zero-order chi connectivity index (χ0) is 30.7.